The van der Waals surface area contributed by atoms with Crippen molar-refractivity contribution in [2.75, 3.05) is 11.9 Å². The molecule has 0 fully saturated rings. The van der Waals surface area contributed by atoms with Crippen molar-refractivity contribution in [3.8, 4) is 5.75 Å². The molecule has 0 radical (unpaired) electrons. The Labute approximate surface area is 195 Å². The molecule has 9 heteroatoms. The van der Waals surface area contributed by atoms with Gasteiger partial charge in [-0.3, -0.25) is 0 Å². The fraction of sp³-hybridized carbons (Fsp3) is 0.174. The maximum atomic E-state index is 12.8. The number of ether oxygens (including phenoxy) is 2. The number of esters is 1. The first kappa shape index (κ1) is 21.9. The number of benzene rings is 2. The smallest absolute Gasteiger partial charge is 0.338 e. The summed E-state index contributed by atoms with van der Waals surface area (Å²) in [7, 11) is 0. The molecule has 0 amide bonds. The van der Waals surface area contributed by atoms with Crippen molar-refractivity contribution in [3.63, 3.8) is 0 Å². The van der Waals surface area contributed by atoms with Crippen LogP contribution in [0.5, 0.6) is 5.75 Å². The third-order valence-corrected chi connectivity index (χ3v) is 5.67. The summed E-state index contributed by atoms with van der Waals surface area (Å²) < 4.78 is 12.8. The number of rotatable bonds is 7. The SMILES string of the molecule is C=CCOC(=O)C1=C(C)Nc2ncnn2C1c1ccc(OCc2ccc(Cl)c(Cl)c2)cc1. The van der Waals surface area contributed by atoms with Gasteiger partial charge in [0.15, 0.2) is 0 Å². The van der Waals surface area contributed by atoms with E-state index in [0.29, 0.717) is 39.6 Å². The van der Waals surface area contributed by atoms with E-state index in [1.807, 2.05) is 37.3 Å². The van der Waals surface area contributed by atoms with Gasteiger partial charge in [0, 0.05) is 5.70 Å². The van der Waals surface area contributed by atoms with Crippen LogP contribution < -0.4 is 10.1 Å². The van der Waals surface area contributed by atoms with Crippen LogP contribution in [0.2, 0.25) is 10.0 Å². The van der Waals surface area contributed by atoms with Crippen molar-refractivity contribution in [1.82, 2.24) is 14.8 Å². The largest absolute Gasteiger partial charge is 0.489 e. The van der Waals surface area contributed by atoms with Gasteiger partial charge < -0.3 is 14.8 Å². The molecule has 2 aromatic carbocycles. The molecule has 1 atom stereocenters. The van der Waals surface area contributed by atoms with Gasteiger partial charge >= 0.3 is 5.97 Å². The molecule has 1 N–H and O–H groups in total. The molecule has 0 aliphatic carbocycles. The van der Waals surface area contributed by atoms with Gasteiger partial charge in [-0.1, -0.05) is 54.1 Å². The summed E-state index contributed by atoms with van der Waals surface area (Å²) in [5.74, 6) is 0.776. The molecule has 0 spiro atoms. The second kappa shape index (κ2) is 9.46. The Bertz CT molecular complexity index is 1190. The van der Waals surface area contributed by atoms with Crippen LogP contribution in [0, 0.1) is 0 Å². The highest BCUT2D eigenvalue weighted by molar-refractivity contribution is 6.42. The van der Waals surface area contributed by atoms with Crippen molar-refractivity contribution >= 4 is 35.1 Å². The summed E-state index contributed by atoms with van der Waals surface area (Å²) in [6.45, 7) is 5.87. The fourth-order valence-corrected chi connectivity index (χ4v) is 3.74. The second-order valence-electron chi connectivity index (χ2n) is 7.09. The van der Waals surface area contributed by atoms with E-state index in [9.17, 15) is 4.79 Å². The predicted molar refractivity (Wildman–Crippen MR) is 123 cm³/mol. The zero-order valence-electron chi connectivity index (χ0n) is 17.2. The molecule has 4 rings (SSSR count). The number of aromatic nitrogens is 3. The molecule has 1 aromatic heterocycles. The normalized spacial score (nSPS) is 15.0. The highest BCUT2D eigenvalue weighted by atomic mass is 35.5. The van der Waals surface area contributed by atoms with E-state index in [0.717, 1.165) is 11.1 Å². The summed E-state index contributed by atoms with van der Waals surface area (Å²) in [5.41, 5.74) is 2.85. The van der Waals surface area contributed by atoms with Crippen LogP contribution in [0.3, 0.4) is 0 Å². The average Bonchev–Trinajstić information content (AvgIpc) is 3.25. The number of hydrogen-bond donors (Lipinski definition) is 1. The molecule has 0 bridgehead atoms. The first-order chi connectivity index (χ1) is 15.5. The Kier molecular flexibility index (Phi) is 6.48. The van der Waals surface area contributed by atoms with Crippen molar-refractivity contribution < 1.29 is 14.3 Å². The van der Waals surface area contributed by atoms with Crippen LogP contribution in [-0.4, -0.2) is 27.3 Å². The van der Waals surface area contributed by atoms with Crippen molar-refractivity contribution in [2.45, 2.75) is 19.6 Å². The van der Waals surface area contributed by atoms with Gasteiger partial charge in [-0.05, 0) is 42.3 Å². The van der Waals surface area contributed by atoms with Gasteiger partial charge in [0.2, 0.25) is 5.95 Å². The first-order valence-corrected chi connectivity index (χ1v) is 10.6. The van der Waals surface area contributed by atoms with Crippen molar-refractivity contribution in [2.24, 2.45) is 0 Å². The summed E-state index contributed by atoms with van der Waals surface area (Å²) >= 11 is 12.0. The number of anilines is 1. The molecular formula is C23H20Cl2N4O3. The lowest BCUT2D eigenvalue weighted by Crippen LogP contribution is -2.29. The highest BCUT2D eigenvalue weighted by Crippen LogP contribution is 2.35. The van der Waals surface area contributed by atoms with Gasteiger partial charge in [-0.2, -0.15) is 10.1 Å². The molecule has 164 valence electrons. The summed E-state index contributed by atoms with van der Waals surface area (Å²) in [4.78, 5) is 17.0. The maximum absolute atomic E-state index is 12.8. The molecule has 1 unspecified atom stereocenters. The minimum absolute atomic E-state index is 0.119. The fourth-order valence-electron chi connectivity index (χ4n) is 3.42. The minimum atomic E-state index is -0.491. The number of carbonyl (C=O) groups is 1. The summed E-state index contributed by atoms with van der Waals surface area (Å²) in [5, 5.41) is 8.39. The standard InChI is InChI=1S/C23H20Cl2N4O3/c1-3-10-31-22(30)20-14(2)28-23-26-13-27-29(23)21(20)16-5-7-17(8-6-16)32-12-15-4-9-18(24)19(25)11-15/h3-9,11,13,21H,1,10,12H2,2H3,(H,26,27,28). The van der Waals surface area contributed by atoms with Crippen LogP contribution in [0.15, 0.2) is 72.7 Å². The van der Waals surface area contributed by atoms with Gasteiger partial charge in [0.1, 0.15) is 31.3 Å². The van der Waals surface area contributed by atoms with Crippen LogP contribution in [0.1, 0.15) is 24.1 Å². The Balaban J connectivity index is 1.57. The number of nitrogens with zero attached hydrogens (tertiary/aromatic N) is 3. The van der Waals surface area contributed by atoms with E-state index < -0.39 is 12.0 Å². The lowest BCUT2D eigenvalue weighted by atomic mass is 9.96. The van der Waals surface area contributed by atoms with E-state index in [1.54, 1.807) is 16.8 Å². The van der Waals surface area contributed by atoms with Crippen LogP contribution in [-0.2, 0) is 16.1 Å². The molecule has 1 aliphatic heterocycles. The molecule has 2 heterocycles. The number of allylic oxidation sites excluding steroid dienone is 1. The zero-order chi connectivity index (χ0) is 22.7. The van der Waals surface area contributed by atoms with E-state index in [4.69, 9.17) is 32.7 Å². The van der Waals surface area contributed by atoms with Crippen LogP contribution >= 0.6 is 23.2 Å². The first-order valence-electron chi connectivity index (χ1n) is 9.80. The second-order valence-corrected chi connectivity index (χ2v) is 7.90. The Morgan fingerprint density at radius 3 is 2.72 bits per heavy atom. The van der Waals surface area contributed by atoms with E-state index in [2.05, 4.69) is 22.0 Å². The van der Waals surface area contributed by atoms with E-state index in [1.165, 1.54) is 12.4 Å². The lowest BCUT2D eigenvalue weighted by Gasteiger charge is -2.28. The highest BCUT2D eigenvalue weighted by Gasteiger charge is 2.34. The molecule has 7 nitrogen and oxygen atoms in total. The number of fused-ring (bicyclic) bond motifs is 1. The molecule has 32 heavy (non-hydrogen) atoms. The predicted octanol–water partition coefficient (Wildman–Crippen LogP) is 5.18. The Hall–Kier alpha value is -3.29. The van der Waals surface area contributed by atoms with Gasteiger partial charge in [0.25, 0.3) is 0 Å². The monoisotopic (exact) mass is 470 g/mol. The van der Waals surface area contributed by atoms with Crippen LogP contribution in [0.25, 0.3) is 0 Å². The zero-order valence-corrected chi connectivity index (χ0v) is 18.7. The average molecular weight is 471 g/mol. The topological polar surface area (TPSA) is 78.3 Å². The van der Waals surface area contributed by atoms with Crippen LogP contribution in [0.4, 0.5) is 5.95 Å². The third-order valence-electron chi connectivity index (χ3n) is 4.93. The quantitative estimate of drug-likeness (QED) is 0.378. The molecule has 3 aromatic rings. The van der Waals surface area contributed by atoms with E-state index >= 15 is 0 Å². The number of halogens is 2. The number of carbonyl (C=O) groups excluding carboxylic acids is 1. The molecule has 0 saturated heterocycles. The maximum Gasteiger partial charge on any atom is 0.338 e. The Morgan fingerprint density at radius 1 is 1.22 bits per heavy atom. The molecule has 0 saturated carbocycles. The summed E-state index contributed by atoms with van der Waals surface area (Å²) in [6, 6.07) is 12.3. The lowest BCUT2D eigenvalue weighted by molar-refractivity contribution is -0.138. The van der Waals surface area contributed by atoms with Gasteiger partial charge in [-0.25, -0.2) is 9.48 Å². The Morgan fingerprint density at radius 2 is 2.00 bits per heavy atom. The number of hydrogen-bond acceptors (Lipinski definition) is 6. The van der Waals surface area contributed by atoms with Gasteiger partial charge in [0.05, 0.1) is 15.6 Å². The number of nitrogens with one attached hydrogen (secondary N) is 1. The minimum Gasteiger partial charge on any atom is -0.489 e. The van der Waals surface area contributed by atoms with Crippen molar-refractivity contribution in [3.05, 3.63) is 93.9 Å². The molecular weight excluding hydrogens is 451 g/mol. The van der Waals surface area contributed by atoms with Crippen molar-refractivity contribution in [1.29, 1.82) is 0 Å². The third kappa shape index (κ3) is 4.49. The van der Waals surface area contributed by atoms with Gasteiger partial charge in [-0.15, -0.1) is 0 Å². The summed E-state index contributed by atoms with van der Waals surface area (Å²) in [6.07, 6.45) is 2.97. The molecule has 1 aliphatic rings. The van der Waals surface area contributed by atoms with E-state index in [-0.39, 0.29) is 6.61 Å².